The number of nitrogens with zero attached hydrogens (tertiary/aromatic N) is 2. The molecule has 0 aliphatic rings. The van der Waals surface area contributed by atoms with Gasteiger partial charge in [0, 0.05) is 12.2 Å². The molecule has 25 heavy (non-hydrogen) atoms. The fourth-order valence-electron chi connectivity index (χ4n) is 2.63. The summed E-state index contributed by atoms with van der Waals surface area (Å²) in [6.07, 6.45) is 0. The van der Waals surface area contributed by atoms with E-state index in [-0.39, 0.29) is 17.7 Å². The van der Waals surface area contributed by atoms with Crippen molar-refractivity contribution < 1.29 is 4.79 Å². The Balaban J connectivity index is 1.93. The lowest BCUT2D eigenvalue weighted by atomic mass is 10.2. The molecule has 0 aliphatic heterocycles. The number of aromatic amines is 2. The van der Waals surface area contributed by atoms with Gasteiger partial charge in [0.2, 0.25) is 0 Å². The van der Waals surface area contributed by atoms with Crippen LogP contribution in [0.25, 0.3) is 10.9 Å². The highest BCUT2D eigenvalue weighted by molar-refractivity contribution is 5.93. The Bertz CT molecular complexity index is 1050. The van der Waals surface area contributed by atoms with Crippen molar-refractivity contribution in [1.29, 1.82) is 0 Å². The predicted molar refractivity (Wildman–Crippen MR) is 94.6 cm³/mol. The summed E-state index contributed by atoms with van der Waals surface area (Å²) in [5.41, 5.74) is 0.638. The van der Waals surface area contributed by atoms with Crippen LogP contribution in [0.15, 0.2) is 46.0 Å². The lowest BCUT2D eigenvalue weighted by Gasteiger charge is -2.20. The van der Waals surface area contributed by atoms with Gasteiger partial charge in [-0.15, -0.1) is 0 Å². The minimum atomic E-state index is -0.427. The summed E-state index contributed by atoms with van der Waals surface area (Å²) in [5, 5.41) is 0.496. The second-order valence-electron chi connectivity index (χ2n) is 5.73. The lowest BCUT2D eigenvalue weighted by Crippen LogP contribution is -2.35. The van der Waals surface area contributed by atoms with Gasteiger partial charge in [0.25, 0.3) is 17.0 Å². The summed E-state index contributed by atoms with van der Waals surface area (Å²) >= 11 is 0. The number of para-hydroxylation sites is 1. The second kappa shape index (κ2) is 6.72. The van der Waals surface area contributed by atoms with Gasteiger partial charge in [0.1, 0.15) is 11.4 Å². The number of hydrogen-bond donors (Lipinski definition) is 2. The van der Waals surface area contributed by atoms with Crippen LogP contribution in [-0.4, -0.2) is 32.3 Å². The fourth-order valence-corrected chi connectivity index (χ4v) is 2.63. The zero-order valence-corrected chi connectivity index (χ0v) is 14.0. The number of aromatic nitrogens is 3. The third-order valence-electron chi connectivity index (χ3n) is 3.96. The first kappa shape index (κ1) is 16.6. The molecule has 1 aromatic carbocycles. The van der Waals surface area contributed by atoms with Gasteiger partial charge in [-0.05, 0) is 38.1 Å². The minimum absolute atomic E-state index is 0.0654. The summed E-state index contributed by atoms with van der Waals surface area (Å²) < 4.78 is 0. The highest BCUT2D eigenvalue weighted by Crippen LogP contribution is 2.09. The quantitative estimate of drug-likeness (QED) is 0.754. The topological polar surface area (TPSA) is 98.9 Å². The molecular formula is C18H18N4O3. The number of H-pyrrole nitrogens is 2. The average molecular weight is 338 g/mol. The maximum atomic E-state index is 12.6. The summed E-state index contributed by atoms with van der Waals surface area (Å²) in [5.74, 6) is -0.0259. The molecule has 7 nitrogen and oxygen atoms in total. The molecule has 0 fully saturated rings. The molecule has 0 radical (unpaired) electrons. The molecule has 0 bridgehead atoms. The number of amides is 1. The molecule has 0 aliphatic carbocycles. The highest BCUT2D eigenvalue weighted by atomic mass is 16.2. The lowest BCUT2D eigenvalue weighted by molar-refractivity contribution is 0.0746. The van der Waals surface area contributed by atoms with Gasteiger partial charge in [0.15, 0.2) is 0 Å². The van der Waals surface area contributed by atoms with Gasteiger partial charge in [-0.25, -0.2) is 4.98 Å². The first-order valence-electron chi connectivity index (χ1n) is 7.96. The van der Waals surface area contributed by atoms with Crippen molar-refractivity contribution in [3.8, 4) is 0 Å². The third kappa shape index (κ3) is 3.35. The Morgan fingerprint density at radius 2 is 1.84 bits per heavy atom. The number of aryl methyl sites for hydroxylation is 1. The summed E-state index contributed by atoms with van der Waals surface area (Å²) in [4.78, 5) is 48.0. The number of benzene rings is 1. The second-order valence-corrected chi connectivity index (χ2v) is 5.73. The number of fused-ring (bicyclic) bond motifs is 1. The van der Waals surface area contributed by atoms with E-state index >= 15 is 0 Å². The zero-order chi connectivity index (χ0) is 18.0. The van der Waals surface area contributed by atoms with E-state index in [4.69, 9.17) is 0 Å². The Morgan fingerprint density at radius 3 is 2.56 bits per heavy atom. The van der Waals surface area contributed by atoms with Crippen LogP contribution in [0.4, 0.5) is 0 Å². The van der Waals surface area contributed by atoms with E-state index in [9.17, 15) is 14.4 Å². The molecule has 3 rings (SSSR count). The average Bonchev–Trinajstić information content (AvgIpc) is 2.59. The number of rotatable bonds is 4. The van der Waals surface area contributed by atoms with E-state index in [2.05, 4.69) is 15.0 Å². The highest BCUT2D eigenvalue weighted by Gasteiger charge is 2.19. The standard InChI is InChI=1S/C18H18N4O3/c1-3-22(18(25)13-9-8-11(2)19-17(13)24)10-15-20-14-7-5-4-6-12(14)16(23)21-15/h4-9H,3,10H2,1-2H3,(H,19,24)(H,20,21,23). The maximum Gasteiger partial charge on any atom is 0.260 e. The third-order valence-corrected chi connectivity index (χ3v) is 3.96. The van der Waals surface area contributed by atoms with Crippen molar-refractivity contribution in [3.63, 3.8) is 0 Å². The molecule has 0 saturated heterocycles. The molecular weight excluding hydrogens is 320 g/mol. The molecule has 0 saturated carbocycles. The largest absolute Gasteiger partial charge is 0.331 e. The van der Waals surface area contributed by atoms with Gasteiger partial charge in [-0.3, -0.25) is 14.4 Å². The van der Waals surface area contributed by atoms with Crippen LogP contribution in [0.2, 0.25) is 0 Å². The van der Waals surface area contributed by atoms with E-state index in [1.165, 1.54) is 11.0 Å². The summed E-state index contributed by atoms with van der Waals surface area (Å²) in [6, 6.07) is 10.2. The molecule has 128 valence electrons. The van der Waals surface area contributed by atoms with Crippen molar-refractivity contribution in [2.75, 3.05) is 6.54 Å². The van der Waals surface area contributed by atoms with E-state index in [0.717, 1.165) is 0 Å². The van der Waals surface area contributed by atoms with Gasteiger partial charge < -0.3 is 14.9 Å². The molecule has 2 aromatic heterocycles. The molecule has 0 unspecified atom stereocenters. The smallest absolute Gasteiger partial charge is 0.260 e. The van der Waals surface area contributed by atoms with E-state index < -0.39 is 11.5 Å². The van der Waals surface area contributed by atoms with Crippen LogP contribution >= 0.6 is 0 Å². The van der Waals surface area contributed by atoms with E-state index in [0.29, 0.717) is 29.0 Å². The first-order chi connectivity index (χ1) is 12.0. The van der Waals surface area contributed by atoms with Gasteiger partial charge >= 0.3 is 0 Å². The maximum absolute atomic E-state index is 12.6. The van der Waals surface area contributed by atoms with Crippen molar-refractivity contribution in [3.05, 3.63) is 74.2 Å². The number of pyridine rings is 1. The normalized spacial score (nSPS) is 10.8. The van der Waals surface area contributed by atoms with Gasteiger partial charge in [-0.2, -0.15) is 0 Å². The molecule has 3 aromatic rings. The van der Waals surface area contributed by atoms with Crippen LogP contribution < -0.4 is 11.1 Å². The van der Waals surface area contributed by atoms with E-state index in [1.807, 2.05) is 0 Å². The van der Waals surface area contributed by atoms with Crippen molar-refractivity contribution in [1.82, 2.24) is 19.9 Å². The zero-order valence-electron chi connectivity index (χ0n) is 14.0. The molecule has 1 amide bonds. The molecule has 2 heterocycles. The minimum Gasteiger partial charge on any atom is -0.331 e. The number of carbonyl (C=O) groups is 1. The Labute approximate surface area is 143 Å². The molecule has 2 N–H and O–H groups in total. The Hall–Kier alpha value is -3.22. The molecule has 0 atom stereocenters. The molecule has 7 heteroatoms. The summed E-state index contributed by atoms with van der Waals surface area (Å²) in [6.45, 7) is 4.04. The monoisotopic (exact) mass is 338 g/mol. The van der Waals surface area contributed by atoms with E-state index in [1.54, 1.807) is 44.2 Å². The number of nitrogens with one attached hydrogen (secondary N) is 2. The first-order valence-corrected chi connectivity index (χ1v) is 7.96. The van der Waals surface area contributed by atoms with Crippen molar-refractivity contribution in [2.45, 2.75) is 20.4 Å². The fraction of sp³-hybridized carbons (Fsp3) is 0.222. The van der Waals surface area contributed by atoms with Crippen LogP contribution in [0.3, 0.4) is 0 Å². The Morgan fingerprint density at radius 1 is 1.08 bits per heavy atom. The molecule has 0 spiro atoms. The van der Waals surface area contributed by atoms with Crippen LogP contribution in [0.5, 0.6) is 0 Å². The van der Waals surface area contributed by atoms with Gasteiger partial charge in [0.05, 0.1) is 17.4 Å². The van der Waals surface area contributed by atoms with Crippen molar-refractivity contribution in [2.24, 2.45) is 0 Å². The van der Waals surface area contributed by atoms with Gasteiger partial charge in [-0.1, -0.05) is 12.1 Å². The number of hydrogen-bond acceptors (Lipinski definition) is 4. The van der Waals surface area contributed by atoms with Crippen LogP contribution in [0.1, 0.15) is 28.8 Å². The Kier molecular flexibility index (Phi) is 4.47. The van der Waals surface area contributed by atoms with Crippen molar-refractivity contribution >= 4 is 16.8 Å². The van der Waals surface area contributed by atoms with Crippen LogP contribution in [-0.2, 0) is 6.54 Å². The summed E-state index contributed by atoms with van der Waals surface area (Å²) in [7, 11) is 0. The number of carbonyl (C=O) groups excluding carboxylic acids is 1. The predicted octanol–water partition coefficient (Wildman–Crippen LogP) is 1.58. The van der Waals surface area contributed by atoms with Crippen LogP contribution in [0, 0.1) is 6.92 Å². The SMILES string of the molecule is CCN(Cc1nc2ccccc2c(=O)[nH]1)C(=O)c1ccc(C)[nH]c1=O.